The number of rotatable bonds is 3. The lowest BCUT2D eigenvalue weighted by Crippen LogP contribution is -2.32. The number of halogens is 1. The van der Waals surface area contributed by atoms with Crippen LogP contribution >= 0.6 is 15.9 Å². The Morgan fingerprint density at radius 1 is 1.59 bits per heavy atom. The van der Waals surface area contributed by atoms with Gasteiger partial charge in [0.1, 0.15) is 5.82 Å². The normalized spacial score (nSPS) is 9.88. The van der Waals surface area contributed by atoms with Gasteiger partial charge < -0.3 is 4.90 Å². The average molecular weight is 298 g/mol. The van der Waals surface area contributed by atoms with Crippen molar-refractivity contribution < 1.29 is 4.79 Å². The zero-order valence-corrected chi connectivity index (χ0v) is 11.8. The lowest BCUT2D eigenvalue weighted by molar-refractivity contribution is 0.226. The lowest BCUT2D eigenvalue weighted by atomic mass is 10.3. The van der Waals surface area contributed by atoms with Gasteiger partial charge in [-0.05, 0) is 41.9 Å². The number of nitrogens with zero attached hydrogens (tertiary/aromatic N) is 2. The number of anilines is 1. The molecule has 2 amide bonds. The van der Waals surface area contributed by atoms with Gasteiger partial charge in [0.2, 0.25) is 0 Å². The summed E-state index contributed by atoms with van der Waals surface area (Å²) in [4.78, 5) is 17.6. The highest BCUT2D eigenvalue weighted by Gasteiger charge is 2.09. The molecule has 1 aromatic rings. The molecule has 0 bridgehead atoms. The van der Waals surface area contributed by atoms with Crippen molar-refractivity contribution in [3.63, 3.8) is 0 Å². The summed E-state index contributed by atoms with van der Waals surface area (Å²) in [6.07, 6.45) is 0. The number of aryl methyl sites for hydroxylation is 1. The molecule has 0 saturated heterocycles. The maximum absolute atomic E-state index is 11.8. The molecule has 1 rings (SSSR count). The van der Waals surface area contributed by atoms with Crippen LogP contribution in [0.1, 0.15) is 12.6 Å². The Bertz CT molecular complexity index is 445. The number of amides is 2. The molecule has 0 aliphatic rings. The molecule has 1 N–H and O–H groups in total. The molecule has 0 radical (unpaired) electrons. The van der Waals surface area contributed by atoms with Gasteiger partial charge in [-0.15, -0.1) is 0 Å². The number of carbonyl (C=O) groups is 1. The Morgan fingerprint density at radius 2 is 2.24 bits per heavy atom. The summed E-state index contributed by atoms with van der Waals surface area (Å²) in [7, 11) is 1.72. The van der Waals surface area contributed by atoms with E-state index in [1.165, 1.54) is 0 Å². The molecule has 0 saturated carbocycles. The second kappa shape index (κ2) is 5.82. The number of likely N-dealkylation sites (N-methyl/N-ethyl adjacent to an activating group) is 1. The van der Waals surface area contributed by atoms with Crippen molar-refractivity contribution in [3.8, 4) is 0 Å². The predicted octanol–water partition coefficient (Wildman–Crippen LogP) is 3.19. The first-order chi connectivity index (χ1) is 7.90. The van der Waals surface area contributed by atoms with Crippen LogP contribution in [0.3, 0.4) is 0 Å². The minimum Gasteiger partial charge on any atom is -0.324 e. The first-order valence-corrected chi connectivity index (χ1v) is 5.99. The van der Waals surface area contributed by atoms with E-state index in [0.29, 0.717) is 12.4 Å². The molecular formula is C12H16BrN3O. The van der Waals surface area contributed by atoms with Crippen molar-refractivity contribution in [2.45, 2.75) is 13.8 Å². The highest BCUT2D eigenvalue weighted by atomic mass is 79.9. The van der Waals surface area contributed by atoms with E-state index in [-0.39, 0.29) is 6.03 Å². The molecule has 0 aliphatic heterocycles. The van der Waals surface area contributed by atoms with Crippen LogP contribution in [0.4, 0.5) is 10.6 Å². The fraction of sp³-hybridized carbons (Fsp3) is 0.333. The quantitative estimate of drug-likeness (QED) is 0.871. The van der Waals surface area contributed by atoms with Crippen LogP contribution in [-0.4, -0.2) is 29.5 Å². The van der Waals surface area contributed by atoms with Crippen LogP contribution in [0.25, 0.3) is 0 Å². The first-order valence-electron chi connectivity index (χ1n) is 5.20. The zero-order valence-electron chi connectivity index (χ0n) is 10.2. The summed E-state index contributed by atoms with van der Waals surface area (Å²) in [5, 5.41) is 2.73. The maximum Gasteiger partial charge on any atom is 0.323 e. The van der Waals surface area contributed by atoms with E-state index in [1.54, 1.807) is 18.0 Å². The van der Waals surface area contributed by atoms with E-state index in [4.69, 9.17) is 0 Å². The van der Waals surface area contributed by atoms with Crippen molar-refractivity contribution in [2.75, 3.05) is 18.9 Å². The van der Waals surface area contributed by atoms with E-state index >= 15 is 0 Å². The maximum atomic E-state index is 11.8. The summed E-state index contributed by atoms with van der Waals surface area (Å²) in [6, 6.07) is 3.42. The molecule has 4 nitrogen and oxygen atoms in total. The smallest absolute Gasteiger partial charge is 0.323 e. The van der Waals surface area contributed by atoms with E-state index in [2.05, 4.69) is 32.8 Å². The second-order valence-corrected chi connectivity index (χ2v) is 4.86. The Kier molecular flexibility index (Phi) is 4.69. The zero-order chi connectivity index (χ0) is 13.0. The molecule has 17 heavy (non-hydrogen) atoms. The molecule has 0 unspecified atom stereocenters. The Morgan fingerprint density at radius 3 is 2.76 bits per heavy atom. The van der Waals surface area contributed by atoms with Crippen molar-refractivity contribution in [1.29, 1.82) is 0 Å². The highest BCUT2D eigenvalue weighted by Crippen LogP contribution is 2.16. The van der Waals surface area contributed by atoms with Gasteiger partial charge in [0, 0.05) is 18.1 Å². The predicted molar refractivity (Wildman–Crippen MR) is 73.1 cm³/mol. The SMILES string of the molecule is C=C(C)CN(C)C(=O)Nc1ccc(Br)c(C)n1. The summed E-state index contributed by atoms with van der Waals surface area (Å²) < 4.78 is 0.922. The van der Waals surface area contributed by atoms with Crippen molar-refractivity contribution in [1.82, 2.24) is 9.88 Å². The summed E-state index contributed by atoms with van der Waals surface area (Å²) in [5.41, 5.74) is 1.77. The van der Waals surface area contributed by atoms with E-state index < -0.39 is 0 Å². The van der Waals surface area contributed by atoms with E-state index in [9.17, 15) is 4.79 Å². The number of nitrogens with one attached hydrogen (secondary N) is 1. The lowest BCUT2D eigenvalue weighted by Gasteiger charge is -2.17. The van der Waals surface area contributed by atoms with Crippen LogP contribution in [0.15, 0.2) is 28.8 Å². The average Bonchev–Trinajstić information content (AvgIpc) is 2.22. The van der Waals surface area contributed by atoms with Gasteiger partial charge in [0.15, 0.2) is 0 Å². The monoisotopic (exact) mass is 297 g/mol. The number of pyridine rings is 1. The van der Waals surface area contributed by atoms with Gasteiger partial charge in [0.25, 0.3) is 0 Å². The minimum absolute atomic E-state index is 0.192. The molecule has 0 aliphatic carbocycles. The fourth-order valence-corrected chi connectivity index (χ4v) is 1.52. The number of aromatic nitrogens is 1. The Labute approximate surface area is 110 Å². The van der Waals surface area contributed by atoms with E-state index in [0.717, 1.165) is 15.7 Å². The van der Waals surface area contributed by atoms with Crippen LogP contribution in [-0.2, 0) is 0 Å². The van der Waals surface area contributed by atoms with Gasteiger partial charge in [-0.2, -0.15) is 0 Å². The topological polar surface area (TPSA) is 45.2 Å². The highest BCUT2D eigenvalue weighted by molar-refractivity contribution is 9.10. The molecule has 1 heterocycles. The van der Waals surface area contributed by atoms with Crippen LogP contribution in [0.5, 0.6) is 0 Å². The molecule has 0 spiro atoms. The number of hydrogen-bond donors (Lipinski definition) is 1. The molecule has 1 aromatic heterocycles. The van der Waals surface area contributed by atoms with Gasteiger partial charge in [0.05, 0.1) is 5.69 Å². The third-order valence-corrected chi connectivity index (χ3v) is 2.95. The van der Waals surface area contributed by atoms with Gasteiger partial charge in [-0.1, -0.05) is 12.2 Å². The molecule has 92 valence electrons. The standard InChI is InChI=1S/C12H16BrN3O/c1-8(2)7-16(4)12(17)15-11-6-5-10(13)9(3)14-11/h5-6H,1,7H2,2-4H3,(H,14,15,17). The van der Waals surface area contributed by atoms with Crippen molar-refractivity contribution >= 4 is 27.8 Å². The summed E-state index contributed by atoms with van der Waals surface area (Å²) >= 11 is 3.36. The van der Waals surface area contributed by atoms with Gasteiger partial charge >= 0.3 is 6.03 Å². The number of hydrogen-bond acceptors (Lipinski definition) is 2. The molecule has 0 aromatic carbocycles. The second-order valence-electron chi connectivity index (χ2n) is 4.01. The number of carbonyl (C=O) groups excluding carboxylic acids is 1. The van der Waals surface area contributed by atoms with Crippen LogP contribution < -0.4 is 5.32 Å². The number of urea groups is 1. The fourth-order valence-electron chi connectivity index (χ4n) is 1.30. The molecule has 0 atom stereocenters. The van der Waals surface area contributed by atoms with Gasteiger partial charge in [-0.3, -0.25) is 5.32 Å². The molecule has 0 fully saturated rings. The van der Waals surface area contributed by atoms with Gasteiger partial charge in [-0.25, -0.2) is 9.78 Å². The first kappa shape index (κ1) is 13.7. The van der Waals surface area contributed by atoms with Crippen molar-refractivity contribution in [2.24, 2.45) is 0 Å². The molecular weight excluding hydrogens is 282 g/mol. The largest absolute Gasteiger partial charge is 0.324 e. The molecule has 5 heteroatoms. The minimum atomic E-state index is -0.192. The Hall–Kier alpha value is -1.36. The third-order valence-electron chi connectivity index (χ3n) is 2.11. The van der Waals surface area contributed by atoms with Crippen LogP contribution in [0.2, 0.25) is 0 Å². The summed E-state index contributed by atoms with van der Waals surface area (Å²) in [6.45, 7) is 8.05. The summed E-state index contributed by atoms with van der Waals surface area (Å²) in [5.74, 6) is 0.546. The van der Waals surface area contributed by atoms with Crippen LogP contribution in [0, 0.1) is 6.92 Å². The Balaban J connectivity index is 2.67. The van der Waals surface area contributed by atoms with Crippen molar-refractivity contribution in [3.05, 3.63) is 34.5 Å². The third kappa shape index (κ3) is 4.19. The van der Waals surface area contributed by atoms with E-state index in [1.807, 2.05) is 19.9 Å².